The Kier molecular flexibility index (Phi) is 3.92. The van der Waals surface area contributed by atoms with Crippen LogP contribution in [0.15, 0.2) is 24.5 Å². The molecule has 0 saturated carbocycles. The van der Waals surface area contributed by atoms with Gasteiger partial charge in [0.2, 0.25) is 5.91 Å². The zero-order valence-electron chi connectivity index (χ0n) is 11.8. The van der Waals surface area contributed by atoms with E-state index >= 15 is 0 Å². The number of carbonyl (C=O) groups excluding carboxylic acids is 1. The summed E-state index contributed by atoms with van der Waals surface area (Å²) in [7, 11) is 0. The first-order valence-corrected chi connectivity index (χ1v) is 6.89. The summed E-state index contributed by atoms with van der Waals surface area (Å²) in [6.07, 6.45) is 3.51. The first-order chi connectivity index (χ1) is 10.2. The molecule has 1 aliphatic rings. The molecule has 0 spiro atoms. The first kappa shape index (κ1) is 13.7. The second-order valence-corrected chi connectivity index (χ2v) is 5.02. The van der Waals surface area contributed by atoms with Gasteiger partial charge >= 0.3 is 0 Å². The highest BCUT2D eigenvalue weighted by Gasteiger charge is 2.27. The van der Waals surface area contributed by atoms with Crippen molar-refractivity contribution < 1.29 is 9.53 Å². The average molecular weight is 287 g/mol. The molecule has 0 unspecified atom stereocenters. The third kappa shape index (κ3) is 3.25. The van der Waals surface area contributed by atoms with Gasteiger partial charge in [-0.15, -0.1) is 0 Å². The fourth-order valence-electron chi connectivity index (χ4n) is 2.33. The van der Waals surface area contributed by atoms with Gasteiger partial charge in [0.1, 0.15) is 11.9 Å². The van der Waals surface area contributed by atoms with Crippen molar-refractivity contribution in [2.45, 2.75) is 19.4 Å². The van der Waals surface area contributed by atoms with Crippen LogP contribution in [0.4, 0.5) is 0 Å². The predicted molar refractivity (Wildman–Crippen MR) is 74.3 cm³/mol. The van der Waals surface area contributed by atoms with Gasteiger partial charge in [-0.2, -0.15) is 5.10 Å². The molecule has 1 N–H and O–H groups in total. The number of nitrogens with one attached hydrogen (secondary N) is 1. The van der Waals surface area contributed by atoms with E-state index in [9.17, 15) is 4.79 Å². The van der Waals surface area contributed by atoms with E-state index in [1.165, 1.54) is 0 Å². The van der Waals surface area contributed by atoms with E-state index in [4.69, 9.17) is 4.74 Å². The van der Waals surface area contributed by atoms with Crippen LogP contribution in [0.2, 0.25) is 0 Å². The summed E-state index contributed by atoms with van der Waals surface area (Å²) in [6, 6.07) is 3.74. The number of pyridine rings is 1. The van der Waals surface area contributed by atoms with Gasteiger partial charge in [-0.3, -0.25) is 14.9 Å². The van der Waals surface area contributed by atoms with E-state index in [2.05, 4.69) is 20.2 Å². The largest absolute Gasteiger partial charge is 0.366 e. The molecule has 110 valence electrons. The van der Waals surface area contributed by atoms with Crippen molar-refractivity contribution in [1.82, 2.24) is 25.1 Å². The SMILES string of the molecule is Cc1nc([C@@H]2CN(C(=O)Cc3cccnc3)CCO2)n[nH]1. The zero-order chi connectivity index (χ0) is 14.7. The third-order valence-electron chi connectivity index (χ3n) is 3.40. The lowest BCUT2D eigenvalue weighted by Gasteiger charge is -2.31. The molecule has 1 fully saturated rings. The molecule has 3 heterocycles. The number of ether oxygens (including phenoxy) is 1. The summed E-state index contributed by atoms with van der Waals surface area (Å²) < 4.78 is 5.66. The molecule has 1 aliphatic heterocycles. The lowest BCUT2D eigenvalue weighted by molar-refractivity contribution is -0.138. The summed E-state index contributed by atoms with van der Waals surface area (Å²) in [5.41, 5.74) is 0.916. The van der Waals surface area contributed by atoms with E-state index in [1.807, 2.05) is 19.1 Å². The van der Waals surface area contributed by atoms with Crippen LogP contribution in [0.5, 0.6) is 0 Å². The monoisotopic (exact) mass is 287 g/mol. The molecule has 0 radical (unpaired) electrons. The van der Waals surface area contributed by atoms with Crippen molar-refractivity contribution in [2.24, 2.45) is 0 Å². The molecule has 0 aromatic carbocycles. The van der Waals surface area contributed by atoms with E-state index in [0.717, 1.165) is 11.4 Å². The molecule has 7 heteroatoms. The highest BCUT2D eigenvalue weighted by molar-refractivity contribution is 5.78. The topological polar surface area (TPSA) is 84.0 Å². The fraction of sp³-hybridized carbons (Fsp3) is 0.429. The number of hydrogen-bond acceptors (Lipinski definition) is 5. The van der Waals surface area contributed by atoms with Gasteiger partial charge in [0.25, 0.3) is 0 Å². The Morgan fingerprint density at radius 2 is 2.48 bits per heavy atom. The number of amides is 1. The fourth-order valence-corrected chi connectivity index (χ4v) is 2.33. The van der Waals surface area contributed by atoms with Crippen molar-refractivity contribution in [1.29, 1.82) is 0 Å². The van der Waals surface area contributed by atoms with Gasteiger partial charge in [-0.25, -0.2) is 4.98 Å². The number of rotatable bonds is 3. The average Bonchev–Trinajstić information content (AvgIpc) is 2.95. The van der Waals surface area contributed by atoms with E-state index in [-0.39, 0.29) is 12.0 Å². The zero-order valence-corrected chi connectivity index (χ0v) is 11.8. The summed E-state index contributed by atoms with van der Waals surface area (Å²) in [5.74, 6) is 1.42. The second kappa shape index (κ2) is 6.01. The lowest BCUT2D eigenvalue weighted by Crippen LogP contribution is -2.43. The number of aromatic amines is 1. The number of aryl methyl sites for hydroxylation is 1. The highest BCUT2D eigenvalue weighted by Crippen LogP contribution is 2.19. The molecule has 2 aromatic rings. The molecular weight excluding hydrogens is 270 g/mol. The van der Waals surface area contributed by atoms with Gasteiger partial charge in [-0.1, -0.05) is 6.07 Å². The van der Waals surface area contributed by atoms with Crippen LogP contribution in [0.1, 0.15) is 23.3 Å². The van der Waals surface area contributed by atoms with Crippen LogP contribution >= 0.6 is 0 Å². The molecular formula is C14H17N5O2. The number of hydrogen-bond donors (Lipinski definition) is 1. The van der Waals surface area contributed by atoms with Crippen molar-refractivity contribution in [3.63, 3.8) is 0 Å². The molecule has 3 rings (SSSR count). The Hall–Kier alpha value is -2.28. The summed E-state index contributed by atoms with van der Waals surface area (Å²) in [5, 5.41) is 6.91. The van der Waals surface area contributed by atoms with Gasteiger partial charge in [-0.05, 0) is 18.6 Å². The van der Waals surface area contributed by atoms with Crippen LogP contribution < -0.4 is 0 Å². The summed E-state index contributed by atoms with van der Waals surface area (Å²) in [6.45, 7) is 3.41. The minimum atomic E-state index is -0.262. The Morgan fingerprint density at radius 3 is 3.19 bits per heavy atom. The smallest absolute Gasteiger partial charge is 0.227 e. The molecule has 1 atom stereocenters. The van der Waals surface area contributed by atoms with E-state index in [0.29, 0.717) is 31.9 Å². The Morgan fingerprint density at radius 1 is 1.57 bits per heavy atom. The van der Waals surface area contributed by atoms with Crippen LogP contribution in [-0.4, -0.2) is 50.7 Å². The lowest BCUT2D eigenvalue weighted by atomic mass is 10.1. The van der Waals surface area contributed by atoms with Crippen LogP contribution in [-0.2, 0) is 16.0 Å². The molecule has 0 bridgehead atoms. The first-order valence-electron chi connectivity index (χ1n) is 6.89. The molecule has 7 nitrogen and oxygen atoms in total. The van der Waals surface area contributed by atoms with Gasteiger partial charge in [0.05, 0.1) is 19.6 Å². The number of H-pyrrole nitrogens is 1. The van der Waals surface area contributed by atoms with Crippen molar-refractivity contribution in [3.8, 4) is 0 Å². The maximum atomic E-state index is 12.3. The van der Waals surface area contributed by atoms with Crippen LogP contribution in [0.25, 0.3) is 0 Å². The number of aromatic nitrogens is 4. The third-order valence-corrected chi connectivity index (χ3v) is 3.40. The molecule has 21 heavy (non-hydrogen) atoms. The van der Waals surface area contributed by atoms with Crippen LogP contribution in [0.3, 0.4) is 0 Å². The maximum absolute atomic E-state index is 12.3. The number of carbonyl (C=O) groups is 1. The number of morpholine rings is 1. The molecule has 0 aliphatic carbocycles. The highest BCUT2D eigenvalue weighted by atomic mass is 16.5. The summed E-state index contributed by atoms with van der Waals surface area (Å²) in [4.78, 5) is 22.4. The van der Waals surface area contributed by atoms with E-state index < -0.39 is 0 Å². The van der Waals surface area contributed by atoms with E-state index in [1.54, 1.807) is 17.3 Å². The second-order valence-electron chi connectivity index (χ2n) is 5.02. The minimum absolute atomic E-state index is 0.0727. The number of nitrogens with zero attached hydrogens (tertiary/aromatic N) is 4. The predicted octanol–water partition coefficient (Wildman–Crippen LogP) is 0.651. The van der Waals surface area contributed by atoms with Gasteiger partial charge in [0, 0.05) is 18.9 Å². The molecule has 1 saturated heterocycles. The normalized spacial score (nSPS) is 18.7. The summed E-state index contributed by atoms with van der Waals surface area (Å²) >= 11 is 0. The Labute approximate surface area is 122 Å². The van der Waals surface area contributed by atoms with Crippen LogP contribution in [0, 0.1) is 6.92 Å². The van der Waals surface area contributed by atoms with Crippen molar-refractivity contribution >= 4 is 5.91 Å². The van der Waals surface area contributed by atoms with Crippen molar-refractivity contribution in [3.05, 3.63) is 41.7 Å². The standard InChI is InChI=1S/C14H17N5O2/c1-10-16-14(18-17-10)12-9-19(5-6-21-12)13(20)7-11-3-2-4-15-8-11/h2-4,8,12H,5-7,9H2,1H3,(H,16,17,18)/t12-/m0/s1. The van der Waals surface area contributed by atoms with Crippen molar-refractivity contribution in [2.75, 3.05) is 19.7 Å². The quantitative estimate of drug-likeness (QED) is 0.896. The maximum Gasteiger partial charge on any atom is 0.227 e. The van der Waals surface area contributed by atoms with Gasteiger partial charge in [0.15, 0.2) is 5.82 Å². The Bertz CT molecular complexity index is 613. The molecule has 1 amide bonds. The Balaban J connectivity index is 1.64. The minimum Gasteiger partial charge on any atom is -0.366 e. The molecule has 2 aromatic heterocycles. The van der Waals surface area contributed by atoms with Gasteiger partial charge < -0.3 is 9.64 Å².